The highest BCUT2D eigenvalue weighted by Gasteiger charge is 2.28. The summed E-state index contributed by atoms with van der Waals surface area (Å²) in [5.74, 6) is 0.904. The lowest BCUT2D eigenvalue weighted by atomic mass is 9.75. The van der Waals surface area contributed by atoms with Crippen molar-refractivity contribution in [3.8, 4) is 5.75 Å². The van der Waals surface area contributed by atoms with Crippen molar-refractivity contribution in [3.63, 3.8) is 0 Å². The fourth-order valence-corrected chi connectivity index (χ4v) is 2.85. The van der Waals surface area contributed by atoms with E-state index in [0.29, 0.717) is 5.41 Å². The van der Waals surface area contributed by atoms with E-state index in [2.05, 4.69) is 40.3 Å². The van der Waals surface area contributed by atoms with E-state index in [4.69, 9.17) is 4.74 Å². The number of nitrogens with one attached hydrogen (secondary N) is 1. The minimum Gasteiger partial charge on any atom is -0.496 e. The molecule has 1 fully saturated rings. The number of hydrogen-bond donors (Lipinski definition) is 1. The Hall–Kier alpha value is -0.540. The third kappa shape index (κ3) is 2.25. The molecule has 1 N–H and O–H groups in total. The molecule has 1 heterocycles. The summed E-state index contributed by atoms with van der Waals surface area (Å²) in [5.41, 5.74) is 1.71. The number of halogens is 1. The van der Waals surface area contributed by atoms with Gasteiger partial charge in [0.25, 0.3) is 0 Å². The zero-order valence-corrected chi connectivity index (χ0v) is 11.4. The molecule has 1 aliphatic rings. The molecule has 0 bridgehead atoms. The highest BCUT2D eigenvalue weighted by atomic mass is 79.9. The monoisotopic (exact) mass is 283 g/mol. The molecule has 1 aliphatic heterocycles. The van der Waals surface area contributed by atoms with Gasteiger partial charge in [-0.25, -0.2) is 0 Å². The quantitative estimate of drug-likeness (QED) is 0.901. The second-order valence-corrected chi connectivity index (χ2v) is 5.51. The molecule has 1 saturated heterocycles. The molecule has 0 amide bonds. The molecular formula is C13H18BrNO. The average molecular weight is 284 g/mol. The molecule has 3 heteroatoms. The topological polar surface area (TPSA) is 21.3 Å². The Balaban J connectivity index is 2.29. The molecule has 0 spiro atoms. The average Bonchev–Trinajstić information content (AvgIpc) is 2.30. The molecule has 2 nitrogen and oxygen atoms in total. The van der Waals surface area contributed by atoms with E-state index in [-0.39, 0.29) is 0 Å². The van der Waals surface area contributed by atoms with Crippen LogP contribution in [-0.2, 0) is 5.41 Å². The van der Waals surface area contributed by atoms with E-state index >= 15 is 0 Å². The first-order valence-electron chi connectivity index (χ1n) is 5.70. The normalized spacial score (nSPS) is 19.4. The van der Waals surface area contributed by atoms with Crippen LogP contribution in [0.1, 0.15) is 25.3 Å². The fraction of sp³-hybridized carbons (Fsp3) is 0.538. The molecule has 16 heavy (non-hydrogen) atoms. The number of rotatable bonds is 2. The number of benzene rings is 1. The molecule has 1 aromatic rings. The van der Waals surface area contributed by atoms with Gasteiger partial charge in [0.2, 0.25) is 0 Å². The summed E-state index contributed by atoms with van der Waals surface area (Å²) in [5, 5.41) is 3.41. The largest absolute Gasteiger partial charge is 0.496 e. The second kappa shape index (κ2) is 4.76. The number of piperidine rings is 1. The van der Waals surface area contributed by atoms with Gasteiger partial charge in [-0.15, -0.1) is 0 Å². The summed E-state index contributed by atoms with van der Waals surface area (Å²) in [6.45, 7) is 4.57. The van der Waals surface area contributed by atoms with Crippen LogP contribution in [0.5, 0.6) is 5.75 Å². The van der Waals surface area contributed by atoms with Crippen LogP contribution < -0.4 is 10.1 Å². The van der Waals surface area contributed by atoms with Crippen LogP contribution in [0, 0.1) is 0 Å². The first-order valence-corrected chi connectivity index (χ1v) is 6.50. The molecule has 2 rings (SSSR count). The predicted octanol–water partition coefficient (Wildman–Crippen LogP) is 3.10. The van der Waals surface area contributed by atoms with Gasteiger partial charge < -0.3 is 10.1 Å². The first kappa shape index (κ1) is 11.9. The fourth-order valence-electron chi connectivity index (χ4n) is 2.31. The van der Waals surface area contributed by atoms with Crippen LogP contribution in [0.2, 0.25) is 0 Å². The summed E-state index contributed by atoms with van der Waals surface area (Å²) in [4.78, 5) is 0. The number of hydrogen-bond acceptors (Lipinski definition) is 2. The van der Waals surface area contributed by atoms with Crippen molar-refractivity contribution in [1.29, 1.82) is 0 Å². The van der Waals surface area contributed by atoms with E-state index in [9.17, 15) is 0 Å². The Bertz CT molecular complexity index is 372. The van der Waals surface area contributed by atoms with Gasteiger partial charge in [-0.2, -0.15) is 0 Å². The van der Waals surface area contributed by atoms with Crippen molar-refractivity contribution >= 4 is 15.9 Å². The van der Waals surface area contributed by atoms with Crippen LogP contribution in [0.3, 0.4) is 0 Å². The summed E-state index contributed by atoms with van der Waals surface area (Å²) >= 11 is 3.56. The highest BCUT2D eigenvalue weighted by molar-refractivity contribution is 9.10. The Morgan fingerprint density at radius 3 is 2.56 bits per heavy atom. The molecular weight excluding hydrogens is 266 g/mol. The Kier molecular flexibility index (Phi) is 3.55. The highest BCUT2D eigenvalue weighted by Crippen LogP contribution is 2.36. The van der Waals surface area contributed by atoms with Gasteiger partial charge in [0.1, 0.15) is 5.75 Å². The maximum absolute atomic E-state index is 5.26. The molecule has 0 unspecified atom stereocenters. The van der Waals surface area contributed by atoms with E-state index in [1.807, 2.05) is 6.07 Å². The smallest absolute Gasteiger partial charge is 0.133 e. The second-order valence-electron chi connectivity index (χ2n) is 4.66. The van der Waals surface area contributed by atoms with Gasteiger partial charge in [0.15, 0.2) is 0 Å². The lowest BCUT2D eigenvalue weighted by molar-refractivity contribution is 0.334. The van der Waals surface area contributed by atoms with Crippen molar-refractivity contribution in [2.24, 2.45) is 0 Å². The number of methoxy groups -OCH3 is 1. The maximum atomic E-state index is 5.26. The van der Waals surface area contributed by atoms with Crippen LogP contribution in [0.25, 0.3) is 0 Å². The standard InChI is InChI=1S/C13H18BrNO/c1-13(5-7-15-8-6-13)10-3-4-12(16-2)11(14)9-10/h3-4,9,15H,5-8H2,1-2H3. The maximum Gasteiger partial charge on any atom is 0.133 e. The molecule has 0 aromatic heterocycles. The zero-order valence-electron chi connectivity index (χ0n) is 9.85. The van der Waals surface area contributed by atoms with E-state index in [0.717, 1.165) is 23.3 Å². The van der Waals surface area contributed by atoms with Crippen molar-refractivity contribution in [3.05, 3.63) is 28.2 Å². The molecule has 0 saturated carbocycles. The summed E-state index contributed by atoms with van der Waals surface area (Å²) in [6.07, 6.45) is 2.40. The molecule has 0 atom stereocenters. The minimum absolute atomic E-state index is 0.306. The van der Waals surface area contributed by atoms with Crippen molar-refractivity contribution in [2.45, 2.75) is 25.2 Å². The molecule has 1 aromatic carbocycles. The molecule has 0 aliphatic carbocycles. The third-order valence-electron chi connectivity index (χ3n) is 3.56. The van der Waals surface area contributed by atoms with Crippen molar-refractivity contribution < 1.29 is 4.74 Å². The lowest BCUT2D eigenvalue weighted by Gasteiger charge is -2.34. The predicted molar refractivity (Wildman–Crippen MR) is 70.1 cm³/mol. The SMILES string of the molecule is COc1ccc(C2(C)CCNCC2)cc1Br. The van der Waals surface area contributed by atoms with E-state index < -0.39 is 0 Å². The van der Waals surface area contributed by atoms with Gasteiger partial charge in [-0.05, 0) is 65.0 Å². The number of ether oxygens (including phenoxy) is 1. The minimum atomic E-state index is 0.306. The summed E-state index contributed by atoms with van der Waals surface area (Å²) in [7, 11) is 1.70. The van der Waals surface area contributed by atoms with Crippen molar-refractivity contribution in [2.75, 3.05) is 20.2 Å². The van der Waals surface area contributed by atoms with Gasteiger partial charge in [-0.3, -0.25) is 0 Å². The van der Waals surface area contributed by atoms with E-state index in [1.165, 1.54) is 18.4 Å². The Morgan fingerprint density at radius 2 is 2.00 bits per heavy atom. The summed E-state index contributed by atoms with van der Waals surface area (Å²) < 4.78 is 6.31. The van der Waals surface area contributed by atoms with Gasteiger partial charge in [-0.1, -0.05) is 13.0 Å². The van der Waals surface area contributed by atoms with Gasteiger partial charge >= 0.3 is 0 Å². The zero-order chi connectivity index (χ0) is 11.6. The first-order chi connectivity index (χ1) is 7.65. The Labute approximate surface area is 106 Å². The molecule has 88 valence electrons. The lowest BCUT2D eigenvalue weighted by Crippen LogP contribution is -2.37. The van der Waals surface area contributed by atoms with Crippen LogP contribution >= 0.6 is 15.9 Å². The Morgan fingerprint density at radius 1 is 1.31 bits per heavy atom. The van der Waals surface area contributed by atoms with Crippen LogP contribution in [-0.4, -0.2) is 20.2 Å². The van der Waals surface area contributed by atoms with Gasteiger partial charge in [0.05, 0.1) is 11.6 Å². The van der Waals surface area contributed by atoms with Crippen molar-refractivity contribution in [1.82, 2.24) is 5.32 Å². The van der Waals surface area contributed by atoms with E-state index in [1.54, 1.807) is 7.11 Å². The van der Waals surface area contributed by atoms with Crippen LogP contribution in [0.4, 0.5) is 0 Å². The third-order valence-corrected chi connectivity index (χ3v) is 4.18. The summed E-state index contributed by atoms with van der Waals surface area (Å²) in [6, 6.07) is 6.44. The molecule has 0 radical (unpaired) electrons. The van der Waals surface area contributed by atoms with Gasteiger partial charge in [0, 0.05) is 0 Å². The van der Waals surface area contributed by atoms with Crippen LogP contribution in [0.15, 0.2) is 22.7 Å².